The second-order valence-corrected chi connectivity index (χ2v) is 5.05. The van der Waals surface area contributed by atoms with E-state index in [0.29, 0.717) is 17.2 Å². The van der Waals surface area contributed by atoms with Crippen LogP contribution in [0.1, 0.15) is 17.1 Å². The summed E-state index contributed by atoms with van der Waals surface area (Å²) in [6.45, 7) is 3.78. The predicted octanol–water partition coefficient (Wildman–Crippen LogP) is 2.71. The molecule has 0 spiro atoms. The Morgan fingerprint density at radius 2 is 1.86 bits per heavy atom. The fraction of sp³-hybridized carbons (Fsp3) is 0.188. The van der Waals surface area contributed by atoms with Crippen LogP contribution in [0, 0.1) is 13.8 Å². The molecule has 2 N–H and O–H groups in total. The molecular weight excluding hydrogens is 300 g/mol. The normalized spacial score (nSPS) is 10.1. The van der Waals surface area contributed by atoms with Gasteiger partial charge in [-0.1, -0.05) is 12.1 Å². The van der Waals surface area contributed by atoms with Gasteiger partial charge < -0.3 is 5.73 Å². The van der Waals surface area contributed by atoms with Gasteiger partial charge in [0, 0.05) is 17.5 Å². The molecule has 0 saturated carbocycles. The zero-order chi connectivity index (χ0) is 16.1. The summed E-state index contributed by atoms with van der Waals surface area (Å²) in [5, 5.41) is 0. The fourth-order valence-electron chi connectivity index (χ4n) is 2.00. The number of anilines is 1. The van der Waals surface area contributed by atoms with Crippen molar-refractivity contribution in [2.24, 2.45) is 0 Å². The topological polar surface area (TPSA) is 73.3 Å². The van der Waals surface area contributed by atoms with Crippen molar-refractivity contribution in [3.8, 4) is 0 Å². The van der Waals surface area contributed by atoms with Crippen molar-refractivity contribution in [2.75, 3.05) is 5.73 Å². The highest BCUT2D eigenvalue weighted by Gasteiger charge is 2.02. The molecule has 3 aromatic heterocycles. The van der Waals surface area contributed by atoms with Crippen molar-refractivity contribution in [3.63, 3.8) is 0 Å². The number of fused-ring (bicyclic) bond motifs is 1. The summed E-state index contributed by atoms with van der Waals surface area (Å²) in [7, 11) is 0. The van der Waals surface area contributed by atoms with Gasteiger partial charge in [-0.05, 0) is 38.1 Å². The number of nitrogens with zero attached hydrogens (tertiary/aromatic N) is 3. The second kappa shape index (κ2) is 7.04. The summed E-state index contributed by atoms with van der Waals surface area (Å²) in [4.78, 5) is 19.8. The zero-order valence-corrected chi connectivity index (χ0v) is 13.2. The molecule has 3 rings (SSSR count). The molecule has 0 aromatic carbocycles. The lowest BCUT2D eigenvalue weighted by Gasteiger charge is -2.04. The lowest BCUT2D eigenvalue weighted by atomic mass is 10.3. The highest BCUT2D eigenvalue weighted by molar-refractivity contribution is 6.16. The Bertz CT molecular complexity index is 828. The van der Waals surface area contributed by atoms with Gasteiger partial charge in [0.05, 0.1) is 11.6 Å². The Labute approximate surface area is 133 Å². The van der Waals surface area contributed by atoms with E-state index < -0.39 is 0 Å². The molecule has 5 nitrogen and oxygen atoms in total. The molecule has 0 aliphatic rings. The summed E-state index contributed by atoms with van der Waals surface area (Å²) in [6.07, 6.45) is 0. The van der Waals surface area contributed by atoms with E-state index in [-0.39, 0.29) is 11.4 Å². The number of alkyl halides is 1. The van der Waals surface area contributed by atoms with E-state index in [0.717, 1.165) is 11.4 Å². The Hall–Kier alpha value is -2.40. The molecule has 0 unspecified atom stereocenters. The molecule has 0 amide bonds. The van der Waals surface area contributed by atoms with E-state index in [2.05, 4.69) is 9.97 Å². The minimum atomic E-state index is -0.0799. The Morgan fingerprint density at radius 1 is 1.14 bits per heavy atom. The Balaban J connectivity index is 0.000000188. The van der Waals surface area contributed by atoms with Gasteiger partial charge in [0.15, 0.2) is 0 Å². The third-order valence-electron chi connectivity index (χ3n) is 2.98. The van der Waals surface area contributed by atoms with Crippen LogP contribution in [0.25, 0.3) is 5.65 Å². The van der Waals surface area contributed by atoms with Crippen LogP contribution in [0.15, 0.2) is 47.3 Å². The van der Waals surface area contributed by atoms with Gasteiger partial charge in [0.1, 0.15) is 11.5 Å². The first kappa shape index (κ1) is 16.0. The fourth-order valence-corrected chi connectivity index (χ4v) is 2.13. The van der Waals surface area contributed by atoms with Crippen LogP contribution in [-0.2, 0) is 5.88 Å². The van der Waals surface area contributed by atoms with Gasteiger partial charge in [0.2, 0.25) is 0 Å². The molecule has 114 valence electrons. The molecule has 0 fully saturated rings. The first-order chi connectivity index (χ1) is 10.5. The Kier molecular flexibility index (Phi) is 5.12. The summed E-state index contributed by atoms with van der Waals surface area (Å²) < 4.78 is 1.57. The van der Waals surface area contributed by atoms with Crippen molar-refractivity contribution in [2.45, 2.75) is 19.7 Å². The SMILES string of the molecule is Cc1cccc(N)n1.Cc1cccc2nc(CCl)cc(=O)n12. The van der Waals surface area contributed by atoms with Crippen LogP contribution in [0.4, 0.5) is 5.82 Å². The van der Waals surface area contributed by atoms with E-state index >= 15 is 0 Å². The van der Waals surface area contributed by atoms with Crippen LogP contribution >= 0.6 is 11.6 Å². The number of rotatable bonds is 1. The Morgan fingerprint density at radius 3 is 2.45 bits per heavy atom. The number of aromatic nitrogens is 3. The van der Waals surface area contributed by atoms with E-state index in [4.69, 9.17) is 17.3 Å². The number of aryl methyl sites for hydroxylation is 2. The maximum atomic E-state index is 11.6. The van der Waals surface area contributed by atoms with Gasteiger partial charge in [-0.3, -0.25) is 9.20 Å². The van der Waals surface area contributed by atoms with Gasteiger partial charge in [-0.25, -0.2) is 9.97 Å². The number of halogens is 1. The monoisotopic (exact) mass is 316 g/mol. The molecule has 3 aromatic rings. The lowest BCUT2D eigenvalue weighted by molar-refractivity contribution is 0.967. The van der Waals surface area contributed by atoms with Crippen LogP contribution in [0.5, 0.6) is 0 Å². The van der Waals surface area contributed by atoms with Crippen molar-refractivity contribution < 1.29 is 0 Å². The van der Waals surface area contributed by atoms with Gasteiger partial charge in [-0.15, -0.1) is 11.6 Å². The minimum absolute atomic E-state index is 0.0799. The lowest BCUT2D eigenvalue weighted by Crippen LogP contribution is -2.17. The van der Waals surface area contributed by atoms with Crippen molar-refractivity contribution in [3.05, 3.63) is 69.9 Å². The zero-order valence-electron chi connectivity index (χ0n) is 12.5. The number of pyridine rings is 2. The highest BCUT2D eigenvalue weighted by atomic mass is 35.5. The maximum Gasteiger partial charge on any atom is 0.258 e. The molecule has 0 saturated heterocycles. The van der Waals surface area contributed by atoms with E-state index in [1.807, 2.05) is 38.1 Å². The van der Waals surface area contributed by atoms with E-state index in [9.17, 15) is 4.79 Å². The van der Waals surface area contributed by atoms with Crippen molar-refractivity contribution in [1.82, 2.24) is 14.4 Å². The number of nitrogen functional groups attached to an aromatic ring is 1. The summed E-state index contributed by atoms with van der Waals surface area (Å²) in [6, 6.07) is 12.6. The molecule has 0 atom stereocenters. The van der Waals surface area contributed by atoms with Crippen molar-refractivity contribution >= 4 is 23.1 Å². The van der Waals surface area contributed by atoms with Crippen molar-refractivity contribution in [1.29, 1.82) is 0 Å². The van der Waals surface area contributed by atoms with Crippen LogP contribution in [0.3, 0.4) is 0 Å². The quantitative estimate of drug-likeness (QED) is 0.701. The largest absolute Gasteiger partial charge is 0.384 e. The second-order valence-electron chi connectivity index (χ2n) is 4.78. The van der Waals surface area contributed by atoms with Crippen LogP contribution in [-0.4, -0.2) is 14.4 Å². The molecule has 0 aliphatic carbocycles. The third-order valence-corrected chi connectivity index (χ3v) is 3.25. The molecule has 0 aliphatic heterocycles. The van der Waals surface area contributed by atoms with Crippen LogP contribution < -0.4 is 11.3 Å². The average Bonchev–Trinajstić information content (AvgIpc) is 2.47. The van der Waals surface area contributed by atoms with Crippen LogP contribution in [0.2, 0.25) is 0 Å². The van der Waals surface area contributed by atoms with Gasteiger partial charge in [-0.2, -0.15) is 0 Å². The molecular formula is C16H17ClN4O. The van der Waals surface area contributed by atoms with E-state index in [1.54, 1.807) is 16.5 Å². The smallest absolute Gasteiger partial charge is 0.258 e. The molecule has 0 bridgehead atoms. The summed E-state index contributed by atoms with van der Waals surface area (Å²) in [5.74, 6) is 0.852. The summed E-state index contributed by atoms with van der Waals surface area (Å²) >= 11 is 5.63. The standard InChI is InChI=1S/C10H9ClN2O.C6H8N2/c1-7-3-2-4-9-12-8(6-11)5-10(14)13(7)9;1-5-3-2-4-6(7)8-5/h2-5H,6H2,1H3;2-4H,1H3,(H2,7,8). The predicted molar refractivity (Wildman–Crippen MR) is 89.1 cm³/mol. The average molecular weight is 317 g/mol. The number of hydrogen-bond donors (Lipinski definition) is 1. The number of nitrogens with two attached hydrogens (primary N) is 1. The third kappa shape index (κ3) is 3.83. The van der Waals surface area contributed by atoms with Gasteiger partial charge >= 0.3 is 0 Å². The highest BCUT2D eigenvalue weighted by Crippen LogP contribution is 2.04. The summed E-state index contributed by atoms with van der Waals surface area (Å²) in [5.41, 5.74) is 8.37. The minimum Gasteiger partial charge on any atom is -0.384 e. The maximum absolute atomic E-state index is 11.6. The molecule has 0 radical (unpaired) electrons. The van der Waals surface area contributed by atoms with Gasteiger partial charge in [0.25, 0.3) is 5.56 Å². The first-order valence-electron chi connectivity index (χ1n) is 6.74. The number of hydrogen-bond acceptors (Lipinski definition) is 4. The molecule has 3 heterocycles. The van der Waals surface area contributed by atoms with E-state index in [1.165, 1.54) is 6.07 Å². The first-order valence-corrected chi connectivity index (χ1v) is 7.28. The molecule has 6 heteroatoms. The molecule has 22 heavy (non-hydrogen) atoms.